The van der Waals surface area contributed by atoms with Crippen molar-refractivity contribution in [2.75, 3.05) is 11.1 Å². The molecule has 0 bridgehead atoms. The average molecular weight is 269 g/mol. The van der Waals surface area contributed by atoms with Crippen molar-refractivity contribution in [3.05, 3.63) is 53.9 Å². The number of pyridine rings is 1. The van der Waals surface area contributed by atoms with Crippen molar-refractivity contribution in [3.63, 3.8) is 0 Å². The molecule has 0 aliphatic rings. The van der Waals surface area contributed by atoms with Gasteiger partial charge in [-0.25, -0.2) is 0 Å². The number of rotatable bonds is 4. The van der Waals surface area contributed by atoms with Gasteiger partial charge in [-0.05, 0) is 42.2 Å². The van der Waals surface area contributed by atoms with Gasteiger partial charge in [-0.15, -0.1) is 0 Å². The molecular weight excluding hydrogens is 250 g/mol. The predicted octanol–water partition coefficient (Wildman–Crippen LogP) is 3.10. The molecule has 0 radical (unpaired) electrons. The predicted molar refractivity (Wildman–Crippen MR) is 81.5 cm³/mol. The van der Waals surface area contributed by atoms with Crippen molar-refractivity contribution >= 4 is 17.3 Å². The van der Waals surface area contributed by atoms with Crippen LogP contribution in [0.25, 0.3) is 0 Å². The maximum atomic E-state index is 12.1. The van der Waals surface area contributed by atoms with Gasteiger partial charge in [0.2, 0.25) is 5.91 Å². The molecule has 0 aliphatic heterocycles. The molecule has 3 N–H and O–H groups in total. The number of nitrogen functional groups attached to an aromatic ring is 1. The second-order valence-corrected chi connectivity index (χ2v) is 5.01. The van der Waals surface area contributed by atoms with Gasteiger partial charge in [0.1, 0.15) is 0 Å². The molecule has 1 aromatic heterocycles. The molecule has 1 aromatic carbocycles. The largest absolute Gasteiger partial charge is 0.399 e. The zero-order valence-corrected chi connectivity index (χ0v) is 11.8. The van der Waals surface area contributed by atoms with E-state index in [4.69, 9.17) is 5.73 Å². The fraction of sp³-hybridized carbons (Fsp3) is 0.250. The summed E-state index contributed by atoms with van der Waals surface area (Å²) in [5.41, 5.74) is 9.28. The first-order chi connectivity index (χ1) is 9.56. The molecule has 2 aromatic rings. The summed E-state index contributed by atoms with van der Waals surface area (Å²) < 4.78 is 0. The number of amides is 1. The molecule has 1 atom stereocenters. The van der Waals surface area contributed by atoms with E-state index in [2.05, 4.69) is 10.3 Å². The van der Waals surface area contributed by atoms with E-state index in [9.17, 15) is 4.79 Å². The second-order valence-electron chi connectivity index (χ2n) is 5.01. The van der Waals surface area contributed by atoms with Crippen molar-refractivity contribution in [1.29, 1.82) is 0 Å². The van der Waals surface area contributed by atoms with Crippen LogP contribution >= 0.6 is 0 Å². The smallest absolute Gasteiger partial charge is 0.225 e. The number of anilines is 2. The molecule has 0 saturated carbocycles. The molecule has 20 heavy (non-hydrogen) atoms. The zero-order valence-electron chi connectivity index (χ0n) is 11.8. The van der Waals surface area contributed by atoms with Crippen LogP contribution in [0.15, 0.2) is 42.7 Å². The summed E-state index contributed by atoms with van der Waals surface area (Å²) in [5.74, 6) is 0.137. The highest BCUT2D eigenvalue weighted by molar-refractivity contribution is 5.91. The summed E-state index contributed by atoms with van der Waals surface area (Å²) in [7, 11) is 0. The van der Waals surface area contributed by atoms with E-state index in [1.807, 2.05) is 44.2 Å². The molecule has 1 unspecified atom stereocenters. The highest BCUT2D eigenvalue weighted by Gasteiger charge is 2.12. The SMILES string of the molecule is Cc1ccncc1NC(=O)CC(C)c1ccc(N)cc1. The Balaban J connectivity index is 1.98. The van der Waals surface area contributed by atoms with Crippen molar-refractivity contribution in [2.24, 2.45) is 0 Å². The highest BCUT2D eigenvalue weighted by Crippen LogP contribution is 2.21. The number of benzene rings is 1. The normalized spacial score (nSPS) is 11.9. The standard InChI is InChI=1S/C16H19N3O/c1-11-7-8-18-10-15(11)19-16(20)9-12(2)13-3-5-14(17)6-4-13/h3-8,10,12H,9,17H2,1-2H3,(H,19,20). The van der Waals surface area contributed by atoms with Crippen LogP contribution in [0.5, 0.6) is 0 Å². The van der Waals surface area contributed by atoms with E-state index >= 15 is 0 Å². The van der Waals surface area contributed by atoms with Crippen LogP contribution < -0.4 is 11.1 Å². The number of nitrogens with one attached hydrogen (secondary N) is 1. The van der Waals surface area contributed by atoms with Crippen molar-refractivity contribution in [3.8, 4) is 0 Å². The van der Waals surface area contributed by atoms with Gasteiger partial charge < -0.3 is 11.1 Å². The maximum absolute atomic E-state index is 12.1. The average Bonchev–Trinajstić information content (AvgIpc) is 2.42. The highest BCUT2D eigenvalue weighted by atomic mass is 16.1. The van der Waals surface area contributed by atoms with Crippen LogP contribution in [-0.2, 0) is 4.79 Å². The number of nitrogens with zero attached hydrogens (tertiary/aromatic N) is 1. The van der Waals surface area contributed by atoms with Gasteiger partial charge in [0.25, 0.3) is 0 Å². The lowest BCUT2D eigenvalue weighted by Crippen LogP contribution is -2.15. The molecule has 104 valence electrons. The van der Waals surface area contributed by atoms with E-state index in [0.29, 0.717) is 6.42 Å². The number of hydrogen-bond donors (Lipinski definition) is 2. The first-order valence-corrected chi connectivity index (χ1v) is 6.62. The van der Waals surface area contributed by atoms with Gasteiger partial charge in [-0.2, -0.15) is 0 Å². The minimum atomic E-state index is -0.00887. The second kappa shape index (κ2) is 6.19. The Kier molecular flexibility index (Phi) is 4.35. The van der Waals surface area contributed by atoms with Crippen LogP contribution in [-0.4, -0.2) is 10.9 Å². The lowest BCUT2D eigenvalue weighted by atomic mass is 9.97. The van der Waals surface area contributed by atoms with E-state index < -0.39 is 0 Å². The monoisotopic (exact) mass is 269 g/mol. The maximum Gasteiger partial charge on any atom is 0.225 e. The Hall–Kier alpha value is -2.36. The Morgan fingerprint density at radius 2 is 2.00 bits per heavy atom. The van der Waals surface area contributed by atoms with E-state index in [-0.39, 0.29) is 11.8 Å². The third-order valence-electron chi connectivity index (χ3n) is 3.31. The summed E-state index contributed by atoms with van der Waals surface area (Å²) in [6.07, 6.45) is 3.81. The molecule has 4 heteroatoms. The van der Waals surface area contributed by atoms with Gasteiger partial charge in [-0.3, -0.25) is 9.78 Å². The molecule has 0 aliphatic carbocycles. The minimum Gasteiger partial charge on any atom is -0.399 e. The molecule has 2 rings (SSSR count). The van der Waals surface area contributed by atoms with Crippen molar-refractivity contribution in [2.45, 2.75) is 26.2 Å². The minimum absolute atomic E-state index is 0.00887. The first-order valence-electron chi connectivity index (χ1n) is 6.62. The Morgan fingerprint density at radius 3 is 2.65 bits per heavy atom. The van der Waals surface area contributed by atoms with Crippen LogP contribution in [0.1, 0.15) is 30.4 Å². The fourth-order valence-electron chi connectivity index (χ4n) is 2.02. The number of aryl methyl sites for hydroxylation is 1. The Labute approximate surface area is 119 Å². The number of carbonyl (C=O) groups excluding carboxylic acids is 1. The topological polar surface area (TPSA) is 68.0 Å². The number of hydrogen-bond acceptors (Lipinski definition) is 3. The number of aromatic nitrogens is 1. The van der Waals surface area contributed by atoms with Crippen molar-refractivity contribution < 1.29 is 4.79 Å². The molecule has 4 nitrogen and oxygen atoms in total. The fourth-order valence-corrected chi connectivity index (χ4v) is 2.02. The quantitative estimate of drug-likeness (QED) is 0.838. The van der Waals surface area contributed by atoms with Gasteiger partial charge in [0.15, 0.2) is 0 Å². The molecule has 0 fully saturated rings. The number of carbonyl (C=O) groups is 1. The summed E-state index contributed by atoms with van der Waals surface area (Å²) in [6.45, 7) is 3.97. The molecule has 0 saturated heterocycles. The van der Waals surface area contributed by atoms with Gasteiger partial charge in [0, 0.05) is 18.3 Å². The molecule has 1 amide bonds. The van der Waals surface area contributed by atoms with Crippen molar-refractivity contribution in [1.82, 2.24) is 4.98 Å². The summed E-state index contributed by atoms with van der Waals surface area (Å²) >= 11 is 0. The molecular formula is C16H19N3O. The zero-order chi connectivity index (χ0) is 14.5. The van der Waals surface area contributed by atoms with Crippen LogP contribution in [0.4, 0.5) is 11.4 Å². The van der Waals surface area contributed by atoms with Crippen LogP contribution in [0.2, 0.25) is 0 Å². The first kappa shape index (κ1) is 14.1. The third kappa shape index (κ3) is 3.57. The van der Waals surface area contributed by atoms with E-state index in [1.54, 1.807) is 12.4 Å². The third-order valence-corrected chi connectivity index (χ3v) is 3.31. The Bertz CT molecular complexity index is 593. The van der Waals surface area contributed by atoms with Gasteiger partial charge in [-0.1, -0.05) is 19.1 Å². The number of nitrogens with two attached hydrogens (primary N) is 1. The summed E-state index contributed by atoms with van der Waals surface area (Å²) in [6, 6.07) is 9.51. The molecule has 0 spiro atoms. The van der Waals surface area contributed by atoms with Crippen LogP contribution in [0.3, 0.4) is 0 Å². The van der Waals surface area contributed by atoms with E-state index in [0.717, 1.165) is 22.5 Å². The molecule has 1 heterocycles. The van der Waals surface area contributed by atoms with Gasteiger partial charge in [0.05, 0.1) is 11.9 Å². The lowest BCUT2D eigenvalue weighted by Gasteiger charge is -2.13. The lowest BCUT2D eigenvalue weighted by molar-refractivity contribution is -0.116. The van der Waals surface area contributed by atoms with E-state index in [1.165, 1.54) is 0 Å². The summed E-state index contributed by atoms with van der Waals surface area (Å²) in [5, 5.41) is 2.90. The van der Waals surface area contributed by atoms with Crippen LogP contribution in [0, 0.1) is 6.92 Å². The Morgan fingerprint density at radius 1 is 1.30 bits per heavy atom. The summed E-state index contributed by atoms with van der Waals surface area (Å²) in [4.78, 5) is 16.1. The van der Waals surface area contributed by atoms with Gasteiger partial charge >= 0.3 is 0 Å².